The Morgan fingerprint density at radius 1 is 1.10 bits per heavy atom. The third-order valence-electron chi connectivity index (χ3n) is 3.14. The molecule has 1 aliphatic rings. The normalized spacial score (nSPS) is 15.4. The van der Waals surface area contributed by atoms with E-state index in [0.717, 1.165) is 5.56 Å². The van der Waals surface area contributed by atoms with Crippen molar-refractivity contribution in [2.45, 2.75) is 11.4 Å². The lowest BCUT2D eigenvalue weighted by Crippen LogP contribution is -2.12. The van der Waals surface area contributed by atoms with Crippen molar-refractivity contribution in [1.82, 2.24) is 5.32 Å². The van der Waals surface area contributed by atoms with Gasteiger partial charge < -0.3 is 10.1 Å². The van der Waals surface area contributed by atoms with Crippen molar-refractivity contribution in [2.24, 2.45) is 4.40 Å². The van der Waals surface area contributed by atoms with Gasteiger partial charge >= 0.3 is 0 Å². The molecular weight excluding hydrogens is 288 g/mol. The molecule has 0 unspecified atom stereocenters. The van der Waals surface area contributed by atoms with Crippen LogP contribution >= 0.6 is 0 Å². The Morgan fingerprint density at radius 2 is 1.81 bits per heavy atom. The second-order valence-electron chi connectivity index (χ2n) is 4.61. The lowest BCUT2D eigenvalue weighted by atomic mass is 10.2. The average molecular weight is 302 g/mol. The minimum atomic E-state index is -3.65. The van der Waals surface area contributed by atoms with Crippen LogP contribution < -0.4 is 10.1 Å². The molecular formula is C15H14N2O3S. The second-order valence-corrected chi connectivity index (χ2v) is 6.18. The first-order valence-corrected chi connectivity index (χ1v) is 7.90. The zero-order valence-electron chi connectivity index (χ0n) is 11.4. The maximum atomic E-state index is 12.0. The Kier molecular flexibility index (Phi) is 3.48. The quantitative estimate of drug-likeness (QED) is 0.941. The van der Waals surface area contributed by atoms with Crippen molar-refractivity contribution in [1.29, 1.82) is 0 Å². The highest BCUT2D eigenvalue weighted by Gasteiger charge is 2.30. The molecule has 5 nitrogen and oxygen atoms in total. The van der Waals surface area contributed by atoms with Crippen LogP contribution in [0.3, 0.4) is 0 Å². The standard InChI is InChI=1S/C15H14N2O3S/c1-16-10-11-6-2-4-8-13(11)20-15-12-7-3-5-9-14(12)21(18,19)17-15/h2-9,16H,10H2,1H3. The summed E-state index contributed by atoms with van der Waals surface area (Å²) in [5.74, 6) is 0.714. The third-order valence-corrected chi connectivity index (χ3v) is 4.46. The first kappa shape index (κ1) is 13.8. The molecule has 2 aromatic carbocycles. The van der Waals surface area contributed by atoms with E-state index in [1.165, 1.54) is 6.07 Å². The fourth-order valence-corrected chi connectivity index (χ4v) is 3.33. The van der Waals surface area contributed by atoms with Crippen molar-refractivity contribution in [2.75, 3.05) is 7.05 Å². The largest absolute Gasteiger partial charge is 0.437 e. The Labute approximate surface area is 123 Å². The van der Waals surface area contributed by atoms with Crippen molar-refractivity contribution >= 4 is 15.9 Å². The maximum absolute atomic E-state index is 12.0. The molecule has 0 aliphatic carbocycles. The highest BCUT2D eigenvalue weighted by atomic mass is 32.2. The van der Waals surface area contributed by atoms with E-state index >= 15 is 0 Å². The van der Waals surface area contributed by atoms with Gasteiger partial charge in [-0.25, -0.2) is 0 Å². The molecule has 2 aromatic rings. The summed E-state index contributed by atoms with van der Waals surface area (Å²) < 4.78 is 33.5. The number of fused-ring (bicyclic) bond motifs is 1. The van der Waals surface area contributed by atoms with Gasteiger partial charge in [0.05, 0.1) is 5.56 Å². The number of hydrogen-bond donors (Lipinski definition) is 1. The molecule has 108 valence electrons. The van der Waals surface area contributed by atoms with E-state index in [2.05, 4.69) is 9.71 Å². The van der Waals surface area contributed by atoms with Crippen LogP contribution in [0.2, 0.25) is 0 Å². The van der Waals surface area contributed by atoms with Gasteiger partial charge in [-0.3, -0.25) is 0 Å². The summed E-state index contributed by atoms with van der Waals surface area (Å²) in [6.45, 7) is 0.623. The summed E-state index contributed by atoms with van der Waals surface area (Å²) in [6, 6.07) is 14.1. The molecule has 1 aliphatic heterocycles. The van der Waals surface area contributed by atoms with E-state index < -0.39 is 10.0 Å². The van der Waals surface area contributed by atoms with Crippen LogP contribution in [0.25, 0.3) is 0 Å². The number of nitrogens with one attached hydrogen (secondary N) is 1. The lowest BCUT2D eigenvalue weighted by molar-refractivity contribution is 0.542. The summed E-state index contributed by atoms with van der Waals surface area (Å²) in [4.78, 5) is 0.186. The highest BCUT2D eigenvalue weighted by Crippen LogP contribution is 2.28. The first-order chi connectivity index (χ1) is 10.1. The smallest absolute Gasteiger partial charge is 0.286 e. The van der Waals surface area contributed by atoms with Crippen LogP contribution in [0.15, 0.2) is 57.8 Å². The molecule has 0 spiro atoms. The number of ether oxygens (including phenoxy) is 1. The number of nitrogens with zero attached hydrogens (tertiary/aromatic N) is 1. The summed E-state index contributed by atoms with van der Waals surface area (Å²) in [7, 11) is -1.82. The zero-order chi connectivity index (χ0) is 14.9. The van der Waals surface area contributed by atoms with E-state index in [1.807, 2.05) is 25.2 Å². The van der Waals surface area contributed by atoms with Crippen LogP contribution in [0.5, 0.6) is 5.75 Å². The molecule has 1 N–H and O–H groups in total. The van der Waals surface area contributed by atoms with Crippen molar-refractivity contribution in [3.63, 3.8) is 0 Å². The Bertz CT molecular complexity index is 813. The van der Waals surface area contributed by atoms with Crippen LogP contribution in [-0.4, -0.2) is 21.4 Å². The van der Waals surface area contributed by atoms with Gasteiger partial charge in [0.1, 0.15) is 10.6 Å². The van der Waals surface area contributed by atoms with Gasteiger partial charge in [-0.15, -0.1) is 4.40 Å². The molecule has 0 aromatic heterocycles. The molecule has 1 heterocycles. The first-order valence-electron chi connectivity index (χ1n) is 6.46. The number of hydrogen-bond acceptors (Lipinski definition) is 4. The monoisotopic (exact) mass is 302 g/mol. The van der Waals surface area contributed by atoms with Gasteiger partial charge in [-0.1, -0.05) is 30.3 Å². The highest BCUT2D eigenvalue weighted by molar-refractivity contribution is 7.90. The Hall–Kier alpha value is -2.18. The molecule has 0 fully saturated rings. The van der Waals surface area contributed by atoms with E-state index in [-0.39, 0.29) is 10.8 Å². The molecule has 0 saturated heterocycles. The third kappa shape index (κ3) is 2.55. The van der Waals surface area contributed by atoms with Crippen LogP contribution in [-0.2, 0) is 16.6 Å². The van der Waals surface area contributed by atoms with Crippen LogP contribution in [0.1, 0.15) is 11.1 Å². The van der Waals surface area contributed by atoms with Gasteiger partial charge in [0, 0.05) is 12.1 Å². The van der Waals surface area contributed by atoms with Crippen molar-refractivity contribution < 1.29 is 13.2 Å². The molecule has 0 amide bonds. The molecule has 3 rings (SSSR count). The minimum Gasteiger partial charge on any atom is -0.437 e. The zero-order valence-corrected chi connectivity index (χ0v) is 12.2. The molecule has 6 heteroatoms. The van der Waals surface area contributed by atoms with Crippen LogP contribution in [0.4, 0.5) is 0 Å². The molecule has 0 saturated carbocycles. The van der Waals surface area contributed by atoms with Crippen LogP contribution in [0, 0.1) is 0 Å². The molecule has 0 bridgehead atoms. The molecule has 0 atom stereocenters. The summed E-state index contributed by atoms with van der Waals surface area (Å²) >= 11 is 0. The van der Waals surface area contributed by atoms with Gasteiger partial charge in [-0.05, 0) is 25.2 Å². The fourth-order valence-electron chi connectivity index (χ4n) is 2.19. The van der Waals surface area contributed by atoms with E-state index in [9.17, 15) is 8.42 Å². The van der Waals surface area contributed by atoms with E-state index in [1.54, 1.807) is 24.3 Å². The Morgan fingerprint density at radius 3 is 2.62 bits per heavy atom. The minimum absolute atomic E-state index is 0.120. The summed E-state index contributed by atoms with van der Waals surface area (Å²) in [5, 5.41) is 3.05. The predicted molar refractivity (Wildman–Crippen MR) is 80.0 cm³/mol. The maximum Gasteiger partial charge on any atom is 0.286 e. The van der Waals surface area contributed by atoms with E-state index in [0.29, 0.717) is 17.9 Å². The Balaban J connectivity index is 2.01. The molecule has 21 heavy (non-hydrogen) atoms. The van der Waals surface area contributed by atoms with Gasteiger partial charge in [0.25, 0.3) is 10.0 Å². The number of benzene rings is 2. The van der Waals surface area contributed by atoms with Gasteiger partial charge in [0.15, 0.2) is 0 Å². The lowest BCUT2D eigenvalue weighted by Gasteiger charge is -2.10. The van der Waals surface area contributed by atoms with Crippen molar-refractivity contribution in [3.05, 3.63) is 59.7 Å². The predicted octanol–water partition coefficient (Wildman–Crippen LogP) is 1.93. The van der Waals surface area contributed by atoms with Gasteiger partial charge in [-0.2, -0.15) is 8.42 Å². The summed E-state index contributed by atoms with van der Waals surface area (Å²) in [6.07, 6.45) is 0. The second kappa shape index (κ2) is 5.31. The summed E-state index contributed by atoms with van der Waals surface area (Å²) in [5.41, 5.74) is 1.43. The topological polar surface area (TPSA) is 67.8 Å². The fraction of sp³-hybridized carbons (Fsp3) is 0.133. The van der Waals surface area contributed by atoms with Crippen molar-refractivity contribution in [3.8, 4) is 5.75 Å². The van der Waals surface area contributed by atoms with E-state index in [4.69, 9.17) is 4.74 Å². The number of rotatable bonds is 3. The SMILES string of the molecule is CNCc1ccccc1OC1=NS(=O)(=O)c2ccccc21. The average Bonchev–Trinajstić information content (AvgIpc) is 2.73. The number of sulfonamides is 1. The van der Waals surface area contributed by atoms with Gasteiger partial charge in [0.2, 0.25) is 5.90 Å². The molecule has 0 radical (unpaired) electrons. The number of para-hydroxylation sites is 1.